The van der Waals surface area contributed by atoms with E-state index in [1.54, 1.807) is 11.8 Å². The smallest absolute Gasteiger partial charge is 0.242 e. The van der Waals surface area contributed by atoms with Crippen molar-refractivity contribution in [3.63, 3.8) is 0 Å². The topological polar surface area (TPSA) is 67.2 Å². The molecule has 2 heterocycles. The first-order chi connectivity index (χ1) is 9.26. The third-order valence-electron chi connectivity index (χ3n) is 3.03. The average Bonchev–Trinajstić information content (AvgIpc) is 3.07. The SMILES string of the molecule is CCc1nc2cc(NC(=O)C3CSCN3)ccc2o1.Cl. The summed E-state index contributed by atoms with van der Waals surface area (Å²) in [5.74, 6) is 2.37. The molecule has 0 bridgehead atoms. The molecule has 20 heavy (non-hydrogen) atoms. The second kappa shape index (κ2) is 6.47. The number of hydrogen-bond donors (Lipinski definition) is 2. The van der Waals surface area contributed by atoms with E-state index in [0.717, 1.165) is 34.8 Å². The van der Waals surface area contributed by atoms with E-state index in [2.05, 4.69) is 15.6 Å². The van der Waals surface area contributed by atoms with Gasteiger partial charge in [-0.15, -0.1) is 24.2 Å². The quantitative estimate of drug-likeness (QED) is 0.911. The van der Waals surface area contributed by atoms with Crippen LogP contribution < -0.4 is 10.6 Å². The largest absolute Gasteiger partial charge is 0.441 e. The summed E-state index contributed by atoms with van der Waals surface area (Å²) in [5, 5.41) is 6.05. The first-order valence-corrected chi connectivity index (χ1v) is 7.43. The van der Waals surface area contributed by atoms with Gasteiger partial charge in [0.05, 0.1) is 6.04 Å². The van der Waals surface area contributed by atoms with Crippen LogP contribution in [0.4, 0.5) is 5.69 Å². The van der Waals surface area contributed by atoms with Gasteiger partial charge in [-0.3, -0.25) is 10.1 Å². The summed E-state index contributed by atoms with van der Waals surface area (Å²) < 4.78 is 5.54. The molecule has 3 rings (SSSR count). The number of thioether (sulfide) groups is 1. The Morgan fingerprint density at radius 2 is 2.45 bits per heavy atom. The van der Waals surface area contributed by atoms with E-state index < -0.39 is 0 Å². The third kappa shape index (κ3) is 3.08. The standard InChI is InChI=1S/C13H15N3O2S.ClH/c1-2-12-16-9-5-8(3-4-11(9)18-12)15-13(17)10-6-19-7-14-10;/h3-5,10,14H,2,6-7H2,1H3,(H,15,17);1H. The number of halogens is 1. The molecule has 1 fully saturated rings. The highest BCUT2D eigenvalue weighted by Gasteiger charge is 2.22. The second-order valence-corrected chi connectivity index (χ2v) is 5.44. The third-order valence-corrected chi connectivity index (χ3v) is 3.97. The predicted molar refractivity (Wildman–Crippen MR) is 83.5 cm³/mol. The molecule has 1 aliphatic rings. The van der Waals surface area contributed by atoms with Crippen molar-refractivity contribution in [1.29, 1.82) is 0 Å². The van der Waals surface area contributed by atoms with Gasteiger partial charge in [-0.1, -0.05) is 6.92 Å². The fraction of sp³-hybridized carbons (Fsp3) is 0.385. The number of amides is 1. The molecule has 108 valence electrons. The summed E-state index contributed by atoms with van der Waals surface area (Å²) in [4.78, 5) is 16.3. The number of nitrogens with one attached hydrogen (secondary N) is 2. The highest BCUT2D eigenvalue weighted by atomic mass is 35.5. The minimum absolute atomic E-state index is 0. The van der Waals surface area contributed by atoms with Gasteiger partial charge in [-0.25, -0.2) is 4.98 Å². The molecule has 2 N–H and O–H groups in total. The number of nitrogens with zero attached hydrogens (tertiary/aromatic N) is 1. The molecule has 7 heteroatoms. The lowest BCUT2D eigenvalue weighted by Gasteiger charge is -2.10. The van der Waals surface area contributed by atoms with Crippen LogP contribution in [0.3, 0.4) is 0 Å². The zero-order valence-electron chi connectivity index (χ0n) is 11.0. The Labute approximate surface area is 127 Å². The maximum Gasteiger partial charge on any atom is 0.242 e. The first kappa shape index (κ1) is 15.2. The van der Waals surface area contributed by atoms with Gasteiger partial charge < -0.3 is 9.73 Å². The molecule has 0 aliphatic carbocycles. The number of oxazole rings is 1. The Morgan fingerprint density at radius 3 is 3.15 bits per heavy atom. The molecular weight excluding hydrogens is 298 g/mol. The Kier molecular flexibility index (Phi) is 4.91. The maximum absolute atomic E-state index is 12.0. The molecular formula is C13H16ClN3O2S. The first-order valence-electron chi connectivity index (χ1n) is 6.27. The van der Waals surface area contributed by atoms with Crippen LogP contribution in [0.5, 0.6) is 0 Å². The molecule has 0 saturated carbocycles. The van der Waals surface area contributed by atoms with Crippen molar-refractivity contribution in [2.24, 2.45) is 0 Å². The molecule has 1 aliphatic heterocycles. The van der Waals surface area contributed by atoms with Gasteiger partial charge in [0.2, 0.25) is 5.91 Å². The summed E-state index contributed by atoms with van der Waals surface area (Å²) in [7, 11) is 0. The molecule has 0 radical (unpaired) electrons. The number of carbonyl (C=O) groups excluding carboxylic acids is 1. The Morgan fingerprint density at radius 1 is 1.60 bits per heavy atom. The van der Waals surface area contributed by atoms with Crippen LogP contribution >= 0.6 is 24.2 Å². The van der Waals surface area contributed by atoms with Crippen molar-refractivity contribution in [3.05, 3.63) is 24.1 Å². The normalized spacial score (nSPS) is 17.9. The van der Waals surface area contributed by atoms with Crippen molar-refractivity contribution in [2.75, 3.05) is 16.9 Å². The van der Waals surface area contributed by atoms with Crippen molar-refractivity contribution in [3.8, 4) is 0 Å². The highest BCUT2D eigenvalue weighted by molar-refractivity contribution is 7.99. The lowest BCUT2D eigenvalue weighted by Crippen LogP contribution is -2.37. The second-order valence-electron chi connectivity index (χ2n) is 4.40. The molecule has 5 nitrogen and oxygen atoms in total. The number of hydrogen-bond acceptors (Lipinski definition) is 5. The van der Waals surface area contributed by atoms with E-state index in [0.29, 0.717) is 5.89 Å². The van der Waals surface area contributed by atoms with E-state index in [1.807, 2.05) is 25.1 Å². The lowest BCUT2D eigenvalue weighted by atomic mass is 10.2. The lowest BCUT2D eigenvalue weighted by molar-refractivity contribution is -0.117. The highest BCUT2D eigenvalue weighted by Crippen LogP contribution is 2.21. The summed E-state index contributed by atoms with van der Waals surface area (Å²) >= 11 is 1.73. The minimum atomic E-state index is -0.107. The summed E-state index contributed by atoms with van der Waals surface area (Å²) in [6.45, 7) is 2.00. The van der Waals surface area contributed by atoms with Gasteiger partial charge in [-0.05, 0) is 18.2 Å². The van der Waals surface area contributed by atoms with Gasteiger partial charge in [-0.2, -0.15) is 0 Å². The molecule has 1 saturated heterocycles. The Balaban J connectivity index is 0.00000147. The number of aryl methyl sites for hydroxylation is 1. The summed E-state index contributed by atoms with van der Waals surface area (Å²) in [6.07, 6.45) is 0.763. The van der Waals surface area contributed by atoms with Crippen LogP contribution in [0.15, 0.2) is 22.6 Å². The van der Waals surface area contributed by atoms with Gasteiger partial charge in [0.25, 0.3) is 0 Å². The van der Waals surface area contributed by atoms with Gasteiger partial charge in [0, 0.05) is 23.7 Å². The predicted octanol–water partition coefficient (Wildman–Crippen LogP) is 2.41. The van der Waals surface area contributed by atoms with Crippen molar-refractivity contribution in [2.45, 2.75) is 19.4 Å². The molecule has 1 unspecified atom stereocenters. The van der Waals surface area contributed by atoms with Crippen molar-refractivity contribution >= 4 is 46.9 Å². The maximum atomic E-state index is 12.0. The summed E-state index contributed by atoms with van der Waals surface area (Å²) in [6, 6.07) is 5.42. The van der Waals surface area contributed by atoms with Crippen LogP contribution in [0.1, 0.15) is 12.8 Å². The fourth-order valence-electron chi connectivity index (χ4n) is 2.00. The zero-order chi connectivity index (χ0) is 13.2. The summed E-state index contributed by atoms with van der Waals surface area (Å²) in [5.41, 5.74) is 2.29. The van der Waals surface area contributed by atoms with E-state index >= 15 is 0 Å². The van der Waals surface area contributed by atoms with Crippen LogP contribution in [-0.4, -0.2) is 28.6 Å². The average molecular weight is 314 g/mol. The fourth-order valence-corrected chi connectivity index (χ4v) is 2.94. The molecule has 0 spiro atoms. The van der Waals surface area contributed by atoms with Crippen molar-refractivity contribution in [1.82, 2.24) is 10.3 Å². The molecule has 1 aromatic carbocycles. The zero-order valence-corrected chi connectivity index (χ0v) is 12.6. The van der Waals surface area contributed by atoms with E-state index in [4.69, 9.17) is 4.42 Å². The van der Waals surface area contributed by atoms with E-state index in [1.165, 1.54) is 0 Å². The monoisotopic (exact) mass is 313 g/mol. The number of carbonyl (C=O) groups is 1. The molecule has 1 atom stereocenters. The van der Waals surface area contributed by atoms with Gasteiger partial charge >= 0.3 is 0 Å². The van der Waals surface area contributed by atoms with E-state index in [-0.39, 0.29) is 24.4 Å². The van der Waals surface area contributed by atoms with Gasteiger partial charge in [0.15, 0.2) is 11.5 Å². The van der Waals surface area contributed by atoms with Crippen LogP contribution in [0.2, 0.25) is 0 Å². The number of benzene rings is 1. The van der Waals surface area contributed by atoms with E-state index in [9.17, 15) is 4.79 Å². The Hall–Kier alpha value is -1.24. The van der Waals surface area contributed by atoms with Crippen molar-refractivity contribution < 1.29 is 9.21 Å². The number of fused-ring (bicyclic) bond motifs is 1. The number of rotatable bonds is 3. The number of aromatic nitrogens is 1. The van der Waals surface area contributed by atoms with Crippen LogP contribution in [0, 0.1) is 0 Å². The molecule has 1 amide bonds. The van der Waals surface area contributed by atoms with Crippen LogP contribution in [-0.2, 0) is 11.2 Å². The minimum Gasteiger partial charge on any atom is -0.441 e. The molecule has 2 aromatic rings. The van der Waals surface area contributed by atoms with Gasteiger partial charge in [0.1, 0.15) is 5.52 Å². The molecule has 1 aromatic heterocycles. The number of anilines is 1. The Bertz CT molecular complexity index is 611. The van der Waals surface area contributed by atoms with Crippen LogP contribution in [0.25, 0.3) is 11.1 Å².